The summed E-state index contributed by atoms with van der Waals surface area (Å²) < 4.78 is 54.5. The molecule has 0 amide bonds. The Balaban J connectivity index is 2.54. The van der Waals surface area contributed by atoms with E-state index in [9.17, 15) is 17.6 Å². The van der Waals surface area contributed by atoms with E-state index in [2.05, 4.69) is 15.9 Å². The van der Waals surface area contributed by atoms with E-state index in [1.165, 1.54) is 6.92 Å². The molecule has 1 atom stereocenters. The van der Waals surface area contributed by atoms with E-state index >= 15 is 0 Å². The van der Waals surface area contributed by atoms with Gasteiger partial charge in [-0.3, -0.25) is 0 Å². The fourth-order valence-corrected chi connectivity index (χ4v) is 2.61. The predicted octanol–water partition coefficient (Wildman–Crippen LogP) is 5.69. The lowest BCUT2D eigenvalue weighted by Gasteiger charge is -2.14. The van der Waals surface area contributed by atoms with Crippen molar-refractivity contribution in [3.8, 4) is 0 Å². The van der Waals surface area contributed by atoms with Gasteiger partial charge in [-0.2, -0.15) is 0 Å². The molecule has 0 N–H and O–H groups in total. The molecular weight excluding hydrogens is 360 g/mol. The highest BCUT2D eigenvalue weighted by Gasteiger charge is 2.21. The molecule has 6 heteroatoms. The summed E-state index contributed by atoms with van der Waals surface area (Å²) in [5, 5.41) is -0.374. The second kappa shape index (κ2) is 5.74. The molecule has 0 fully saturated rings. The quantitative estimate of drug-likeness (QED) is 0.363. The third-order valence-electron chi connectivity index (χ3n) is 2.86. The molecule has 0 spiro atoms. The average Bonchev–Trinajstić information content (AvgIpc) is 2.37. The highest BCUT2D eigenvalue weighted by molar-refractivity contribution is 9.09. The third kappa shape index (κ3) is 2.83. The van der Waals surface area contributed by atoms with Gasteiger partial charge in [0.25, 0.3) is 0 Å². The Morgan fingerprint density at radius 1 is 0.850 bits per heavy atom. The molecular formula is C14H8BrClF4. The Labute approximate surface area is 126 Å². The molecule has 1 unspecified atom stereocenters. The van der Waals surface area contributed by atoms with Crippen LogP contribution in [0.5, 0.6) is 0 Å². The molecule has 0 bridgehead atoms. The minimum Gasteiger partial charge on any atom is -0.207 e. The third-order valence-corrected chi connectivity index (χ3v) is 4.14. The topological polar surface area (TPSA) is 0 Å². The van der Waals surface area contributed by atoms with E-state index in [-0.39, 0.29) is 21.7 Å². The number of hydrogen-bond donors (Lipinski definition) is 0. The Kier molecular flexibility index (Phi) is 4.39. The summed E-state index contributed by atoms with van der Waals surface area (Å²) in [6.45, 7) is 1.41. The lowest BCUT2D eigenvalue weighted by Crippen LogP contribution is -2.02. The van der Waals surface area contributed by atoms with Gasteiger partial charge in [-0.05, 0) is 36.8 Å². The Morgan fingerprint density at radius 3 is 1.95 bits per heavy atom. The second-order valence-electron chi connectivity index (χ2n) is 4.27. The summed E-state index contributed by atoms with van der Waals surface area (Å²) in [5.74, 6) is -2.97. The van der Waals surface area contributed by atoms with E-state index < -0.39 is 28.1 Å². The number of benzene rings is 2. The van der Waals surface area contributed by atoms with E-state index in [1.54, 1.807) is 0 Å². The van der Waals surface area contributed by atoms with Gasteiger partial charge in [0, 0.05) is 11.1 Å². The zero-order valence-corrected chi connectivity index (χ0v) is 12.5. The van der Waals surface area contributed by atoms with Gasteiger partial charge >= 0.3 is 0 Å². The summed E-state index contributed by atoms with van der Waals surface area (Å²) in [7, 11) is 0. The zero-order valence-electron chi connectivity index (χ0n) is 10.2. The molecule has 0 aromatic heterocycles. The Bertz CT molecular complexity index is 615. The van der Waals surface area contributed by atoms with Crippen LogP contribution < -0.4 is 0 Å². The summed E-state index contributed by atoms with van der Waals surface area (Å²) in [4.78, 5) is -1.02. The van der Waals surface area contributed by atoms with Crippen molar-refractivity contribution >= 4 is 27.5 Å². The first-order valence-electron chi connectivity index (χ1n) is 5.55. The van der Waals surface area contributed by atoms with Crippen LogP contribution in [0.2, 0.25) is 5.02 Å². The summed E-state index contributed by atoms with van der Waals surface area (Å²) in [5.41, 5.74) is -0.142. The van der Waals surface area contributed by atoms with Crippen molar-refractivity contribution < 1.29 is 17.6 Å². The molecule has 2 aromatic carbocycles. The maximum absolute atomic E-state index is 13.8. The molecule has 0 saturated heterocycles. The van der Waals surface area contributed by atoms with Crippen LogP contribution >= 0.6 is 27.5 Å². The van der Waals surface area contributed by atoms with Crippen LogP contribution in [0.3, 0.4) is 0 Å². The van der Waals surface area contributed by atoms with Crippen LogP contribution in [0, 0.1) is 30.2 Å². The minimum atomic E-state index is -1.02. The van der Waals surface area contributed by atoms with Gasteiger partial charge in [0.05, 0.1) is 9.85 Å². The molecule has 106 valence electrons. The fourth-order valence-electron chi connectivity index (χ4n) is 1.76. The highest BCUT2D eigenvalue weighted by atomic mass is 79.9. The summed E-state index contributed by atoms with van der Waals surface area (Å²) in [6, 6.07) is 3.61. The predicted molar refractivity (Wildman–Crippen MR) is 73.2 cm³/mol. The van der Waals surface area contributed by atoms with Crippen molar-refractivity contribution in [3.63, 3.8) is 0 Å². The molecule has 0 aliphatic heterocycles. The van der Waals surface area contributed by atoms with Gasteiger partial charge in [-0.25, -0.2) is 17.6 Å². The van der Waals surface area contributed by atoms with E-state index in [1.807, 2.05) is 0 Å². The number of alkyl halides is 1. The first kappa shape index (κ1) is 15.3. The molecule has 0 aliphatic rings. The van der Waals surface area contributed by atoms with Crippen molar-refractivity contribution in [2.24, 2.45) is 0 Å². The normalized spacial score (nSPS) is 12.6. The van der Waals surface area contributed by atoms with Gasteiger partial charge in [0.15, 0.2) is 0 Å². The van der Waals surface area contributed by atoms with Crippen molar-refractivity contribution in [1.82, 2.24) is 0 Å². The molecule has 2 aromatic rings. The molecule has 0 heterocycles. The number of hydrogen-bond acceptors (Lipinski definition) is 0. The van der Waals surface area contributed by atoms with Crippen LogP contribution in [0.25, 0.3) is 0 Å². The summed E-state index contributed by atoms with van der Waals surface area (Å²) in [6.07, 6.45) is 0. The van der Waals surface area contributed by atoms with Gasteiger partial charge in [0.2, 0.25) is 0 Å². The zero-order chi connectivity index (χ0) is 15.0. The van der Waals surface area contributed by atoms with Gasteiger partial charge < -0.3 is 0 Å². The monoisotopic (exact) mass is 366 g/mol. The van der Waals surface area contributed by atoms with Gasteiger partial charge in [-0.15, -0.1) is 0 Å². The lowest BCUT2D eigenvalue weighted by molar-refractivity contribution is 0.571. The smallest absolute Gasteiger partial charge is 0.142 e. The van der Waals surface area contributed by atoms with Crippen LogP contribution in [-0.2, 0) is 0 Å². The maximum atomic E-state index is 13.8. The van der Waals surface area contributed by atoms with Gasteiger partial charge in [-0.1, -0.05) is 27.5 Å². The van der Waals surface area contributed by atoms with Crippen molar-refractivity contribution in [3.05, 3.63) is 69.2 Å². The molecule has 2 rings (SSSR count). The van der Waals surface area contributed by atoms with E-state index in [0.717, 1.165) is 24.3 Å². The standard InChI is InChI=1S/C14H8BrClF4/c1-6-2-11(18)7(3-10(6)17)14(15)8-4-13(20)9(16)5-12(8)19/h2-5,14H,1H3. The molecule has 0 saturated carbocycles. The van der Waals surface area contributed by atoms with Gasteiger partial charge in [0.1, 0.15) is 23.3 Å². The minimum absolute atomic E-state index is 0.117. The summed E-state index contributed by atoms with van der Waals surface area (Å²) >= 11 is 8.51. The van der Waals surface area contributed by atoms with Crippen LogP contribution in [0.4, 0.5) is 17.6 Å². The van der Waals surface area contributed by atoms with Crippen molar-refractivity contribution in [2.45, 2.75) is 11.8 Å². The number of halogens is 6. The first-order valence-corrected chi connectivity index (χ1v) is 6.84. The highest BCUT2D eigenvalue weighted by Crippen LogP contribution is 2.36. The van der Waals surface area contributed by atoms with Crippen LogP contribution in [0.15, 0.2) is 24.3 Å². The Morgan fingerprint density at radius 2 is 1.35 bits per heavy atom. The molecule has 0 aliphatic carbocycles. The first-order chi connectivity index (χ1) is 9.31. The lowest BCUT2D eigenvalue weighted by atomic mass is 10.0. The number of rotatable bonds is 2. The fraction of sp³-hybridized carbons (Fsp3) is 0.143. The largest absolute Gasteiger partial charge is 0.207 e. The molecule has 0 radical (unpaired) electrons. The maximum Gasteiger partial charge on any atom is 0.142 e. The number of aryl methyl sites for hydroxylation is 1. The second-order valence-corrected chi connectivity index (χ2v) is 5.60. The van der Waals surface area contributed by atoms with Crippen LogP contribution in [-0.4, -0.2) is 0 Å². The molecule has 0 nitrogen and oxygen atoms in total. The van der Waals surface area contributed by atoms with E-state index in [4.69, 9.17) is 11.6 Å². The van der Waals surface area contributed by atoms with Crippen LogP contribution in [0.1, 0.15) is 21.5 Å². The Hall–Kier alpha value is -1.07. The molecule has 20 heavy (non-hydrogen) atoms. The van der Waals surface area contributed by atoms with Crippen molar-refractivity contribution in [2.75, 3.05) is 0 Å². The SMILES string of the molecule is Cc1cc(F)c(C(Br)c2cc(F)c(Cl)cc2F)cc1F. The average molecular weight is 368 g/mol. The van der Waals surface area contributed by atoms with Crippen molar-refractivity contribution in [1.29, 1.82) is 0 Å². The van der Waals surface area contributed by atoms with E-state index in [0.29, 0.717) is 0 Å².